The second kappa shape index (κ2) is 10.0. The van der Waals surface area contributed by atoms with Crippen LogP contribution in [-0.2, 0) is 4.79 Å². The maximum atomic E-state index is 13.4. The van der Waals surface area contributed by atoms with Crippen molar-refractivity contribution in [1.29, 1.82) is 5.26 Å². The lowest BCUT2D eigenvalue weighted by molar-refractivity contribution is -0.117. The number of nitrogens with zero attached hydrogens (tertiary/aromatic N) is 3. The molecule has 0 aliphatic heterocycles. The number of fused-ring (bicyclic) bond motifs is 1. The number of hydrogen-bond acceptors (Lipinski definition) is 5. The molecule has 8 heteroatoms. The standard InChI is InChI=1S/C25H23BrN4O3/c1-16-6-5-13-30-22(16)29-24(33-20-11-9-18(26)10-12-20)21(25(30)32)14-17(15-27)23(31)28-19-7-3-2-4-8-19/h5-6,9-14,19H,2-4,7-8H2,1H3,(H,28,31)/b17-14+. The van der Waals surface area contributed by atoms with Gasteiger partial charge in [-0.2, -0.15) is 10.2 Å². The molecular formula is C25H23BrN4O3. The molecule has 3 aromatic rings. The molecule has 168 valence electrons. The smallest absolute Gasteiger partial charge is 0.269 e. The van der Waals surface area contributed by atoms with E-state index in [2.05, 4.69) is 26.2 Å². The molecule has 0 spiro atoms. The van der Waals surface area contributed by atoms with Crippen LogP contribution in [0.5, 0.6) is 11.6 Å². The van der Waals surface area contributed by atoms with Crippen LogP contribution < -0.4 is 15.6 Å². The van der Waals surface area contributed by atoms with Crippen LogP contribution in [-0.4, -0.2) is 21.3 Å². The van der Waals surface area contributed by atoms with Crippen molar-refractivity contribution >= 4 is 33.6 Å². The SMILES string of the molecule is Cc1cccn2c(=O)c(/C=C(\C#N)C(=O)NC3CCCCC3)c(Oc3ccc(Br)cc3)nc12. The number of ether oxygens (including phenoxy) is 1. The summed E-state index contributed by atoms with van der Waals surface area (Å²) in [5.41, 5.74) is 0.691. The van der Waals surface area contributed by atoms with Gasteiger partial charge in [-0.3, -0.25) is 14.0 Å². The molecule has 0 saturated heterocycles. The average molecular weight is 507 g/mol. The number of pyridine rings is 1. The Morgan fingerprint density at radius 1 is 1.24 bits per heavy atom. The maximum Gasteiger partial charge on any atom is 0.269 e. The van der Waals surface area contributed by atoms with Crippen LogP contribution in [0.2, 0.25) is 0 Å². The van der Waals surface area contributed by atoms with Crippen LogP contribution in [0.15, 0.2) is 57.4 Å². The zero-order valence-corrected chi connectivity index (χ0v) is 19.8. The van der Waals surface area contributed by atoms with Crippen LogP contribution in [0.3, 0.4) is 0 Å². The third-order valence-electron chi connectivity index (χ3n) is 5.67. The lowest BCUT2D eigenvalue weighted by atomic mass is 9.95. The highest BCUT2D eigenvalue weighted by molar-refractivity contribution is 9.10. The first kappa shape index (κ1) is 22.7. The number of hydrogen-bond donors (Lipinski definition) is 1. The van der Waals surface area contributed by atoms with Gasteiger partial charge >= 0.3 is 0 Å². The summed E-state index contributed by atoms with van der Waals surface area (Å²) in [7, 11) is 0. The fourth-order valence-corrected chi connectivity index (χ4v) is 4.18. The average Bonchev–Trinajstić information content (AvgIpc) is 2.82. The second-order valence-electron chi connectivity index (χ2n) is 8.05. The molecule has 0 unspecified atom stereocenters. The number of benzene rings is 1. The summed E-state index contributed by atoms with van der Waals surface area (Å²) >= 11 is 3.38. The summed E-state index contributed by atoms with van der Waals surface area (Å²) in [5, 5.41) is 12.6. The Morgan fingerprint density at radius 3 is 2.67 bits per heavy atom. The molecule has 1 aliphatic carbocycles. The van der Waals surface area contributed by atoms with Gasteiger partial charge in [0, 0.05) is 16.7 Å². The predicted molar refractivity (Wildman–Crippen MR) is 129 cm³/mol. The third kappa shape index (κ3) is 5.15. The fraction of sp³-hybridized carbons (Fsp3) is 0.280. The van der Waals surface area contributed by atoms with Crippen LogP contribution in [0.1, 0.15) is 43.2 Å². The molecule has 1 amide bonds. The Bertz CT molecular complexity index is 1320. The van der Waals surface area contributed by atoms with E-state index in [1.807, 2.05) is 31.2 Å². The highest BCUT2D eigenvalue weighted by Gasteiger charge is 2.21. The minimum atomic E-state index is -0.493. The number of nitrogens with one attached hydrogen (secondary N) is 1. The predicted octanol–water partition coefficient (Wildman–Crippen LogP) is 4.91. The number of nitriles is 1. The Balaban J connectivity index is 1.79. The Kier molecular flexibility index (Phi) is 6.90. The number of carbonyl (C=O) groups is 1. The lowest BCUT2D eigenvalue weighted by Gasteiger charge is -2.22. The zero-order valence-electron chi connectivity index (χ0n) is 18.2. The topological polar surface area (TPSA) is 96.5 Å². The van der Waals surface area contributed by atoms with E-state index in [-0.39, 0.29) is 23.1 Å². The molecule has 7 nitrogen and oxygen atoms in total. The van der Waals surface area contributed by atoms with Crippen LogP contribution in [0.25, 0.3) is 11.7 Å². The lowest BCUT2D eigenvalue weighted by Crippen LogP contribution is -2.36. The fourth-order valence-electron chi connectivity index (χ4n) is 3.91. The van der Waals surface area contributed by atoms with Gasteiger partial charge < -0.3 is 10.1 Å². The molecular weight excluding hydrogens is 484 g/mol. The first-order valence-corrected chi connectivity index (χ1v) is 11.6. The number of aryl methyl sites for hydroxylation is 1. The van der Waals surface area contributed by atoms with Crippen molar-refractivity contribution in [3.8, 4) is 17.7 Å². The number of aromatic nitrogens is 2. The number of halogens is 1. The molecule has 4 rings (SSSR count). The van der Waals surface area contributed by atoms with E-state index in [1.54, 1.807) is 24.4 Å². The van der Waals surface area contributed by atoms with Gasteiger partial charge in [0.15, 0.2) is 0 Å². The number of carbonyl (C=O) groups excluding carboxylic acids is 1. The van der Waals surface area contributed by atoms with E-state index in [0.29, 0.717) is 11.4 Å². The van der Waals surface area contributed by atoms with Gasteiger partial charge in [-0.1, -0.05) is 41.3 Å². The first-order valence-electron chi connectivity index (χ1n) is 10.8. The van der Waals surface area contributed by atoms with E-state index in [9.17, 15) is 14.9 Å². The van der Waals surface area contributed by atoms with Crippen molar-refractivity contribution < 1.29 is 9.53 Å². The summed E-state index contributed by atoms with van der Waals surface area (Å²) in [4.78, 5) is 30.7. The van der Waals surface area contributed by atoms with E-state index in [0.717, 1.165) is 42.1 Å². The van der Waals surface area contributed by atoms with Crippen molar-refractivity contribution in [3.05, 3.63) is 74.1 Å². The molecule has 1 N–H and O–H groups in total. The minimum absolute atomic E-state index is 0.0369. The van der Waals surface area contributed by atoms with Crippen molar-refractivity contribution in [2.45, 2.75) is 45.1 Å². The first-order chi connectivity index (χ1) is 16.0. The molecule has 1 aromatic carbocycles. The highest BCUT2D eigenvalue weighted by Crippen LogP contribution is 2.26. The van der Waals surface area contributed by atoms with E-state index < -0.39 is 11.5 Å². The maximum absolute atomic E-state index is 13.4. The summed E-state index contributed by atoms with van der Waals surface area (Å²) in [6, 6.07) is 12.7. The quantitative estimate of drug-likeness (QED) is 0.391. The minimum Gasteiger partial charge on any atom is -0.438 e. The number of rotatable bonds is 5. The monoisotopic (exact) mass is 506 g/mol. The molecule has 33 heavy (non-hydrogen) atoms. The molecule has 1 saturated carbocycles. The number of amides is 1. The van der Waals surface area contributed by atoms with E-state index in [4.69, 9.17) is 4.74 Å². The van der Waals surface area contributed by atoms with E-state index >= 15 is 0 Å². The van der Waals surface area contributed by atoms with Crippen molar-refractivity contribution in [3.63, 3.8) is 0 Å². The molecule has 0 bridgehead atoms. The van der Waals surface area contributed by atoms with Gasteiger partial charge in [0.25, 0.3) is 11.5 Å². The Hall–Kier alpha value is -3.44. The molecule has 1 fully saturated rings. The van der Waals surface area contributed by atoms with Gasteiger partial charge in [-0.25, -0.2) is 0 Å². The van der Waals surface area contributed by atoms with Crippen molar-refractivity contribution in [2.24, 2.45) is 0 Å². The molecule has 0 radical (unpaired) electrons. The van der Waals surface area contributed by atoms with E-state index in [1.165, 1.54) is 10.5 Å². The van der Waals surface area contributed by atoms with Gasteiger partial charge in [0.05, 0.1) is 0 Å². The zero-order chi connectivity index (χ0) is 23.4. The summed E-state index contributed by atoms with van der Waals surface area (Å²) in [6.07, 6.45) is 7.92. The third-order valence-corrected chi connectivity index (χ3v) is 6.20. The van der Waals surface area contributed by atoms with Gasteiger partial charge in [0.1, 0.15) is 28.6 Å². The summed E-state index contributed by atoms with van der Waals surface area (Å²) < 4.78 is 8.22. The summed E-state index contributed by atoms with van der Waals surface area (Å²) in [5.74, 6) is 0.0189. The molecule has 0 atom stereocenters. The van der Waals surface area contributed by atoms with Crippen LogP contribution in [0.4, 0.5) is 0 Å². The van der Waals surface area contributed by atoms with Crippen molar-refractivity contribution in [1.82, 2.24) is 14.7 Å². The van der Waals surface area contributed by atoms with Crippen LogP contribution >= 0.6 is 15.9 Å². The second-order valence-corrected chi connectivity index (χ2v) is 8.97. The highest BCUT2D eigenvalue weighted by atomic mass is 79.9. The van der Waals surface area contributed by atoms with Gasteiger partial charge in [-0.15, -0.1) is 0 Å². The Labute approximate surface area is 199 Å². The normalized spacial score (nSPS) is 14.6. The molecule has 2 aromatic heterocycles. The van der Waals surface area contributed by atoms with Gasteiger partial charge in [0.2, 0.25) is 5.88 Å². The Morgan fingerprint density at radius 2 is 1.97 bits per heavy atom. The molecule has 1 aliphatic rings. The van der Waals surface area contributed by atoms with Crippen molar-refractivity contribution in [2.75, 3.05) is 0 Å². The van der Waals surface area contributed by atoms with Crippen LogP contribution in [0, 0.1) is 18.3 Å². The summed E-state index contributed by atoms with van der Waals surface area (Å²) in [6.45, 7) is 1.85. The molecule has 2 heterocycles. The largest absolute Gasteiger partial charge is 0.438 e. The van der Waals surface area contributed by atoms with Gasteiger partial charge in [-0.05, 0) is 61.7 Å².